The lowest BCUT2D eigenvalue weighted by molar-refractivity contribution is -0.124. The first kappa shape index (κ1) is 16.7. The van der Waals surface area contributed by atoms with Gasteiger partial charge in [-0.15, -0.1) is 10.2 Å². The van der Waals surface area contributed by atoms with Crippen LogP contribution in [0.4, 0.5) is 15.6 Å². The van der Waals surface area contributed by atoms with Crippen LogP contribution in [0, 0.1) is 13.8 Å². The van der Waals surface area contributed by atoms with Gasteiger partial charge in [0.05, 0.1) is 5.75 Å². The Balaban J connectivity index is 1.57. The van der Waals surface area contributed by atoms with Gasteiger partial charge in [0.2, 0.25) is 11.0 Å². The van der Waals surface area contributed by atoms with Crippen molar-refractivity contribution in [2.75, 3.05) is 24.2 Å². The number of nitrogens with zero attached hydrogens (tertiary/aromatic N) is 3. The standard InChI is InChI=1S/C15H17N5O2S2/c1-9-3-4-11(10(2)7-9)17-13-18-19-15(24-13)23-8-12(21)20-6-5-16-14(20)22/h3-4,7H,5-6,8H2,1-2H3,(H,16,22)(H,17,18). The average Bonchev–Trinajstić information content (AvgIpc) is 3.17. The summed E-state index contributed by atoms with van der Waals surface area (Å²) in [7, 11) is 0. The fourth-order valence-corrected chi connectivity index (χ4v) is 3.94. The Morgan fingerprint density at radius 2 is 2.25 bits per heavy atom. The van der Waals surface area contributed by atoms with Gasteiger partial charge >= 0.3 is 6.03 Å². The molecule has 0 bridgehead atoms. The molecule has 3 amide bonds. The first-order valence-corrected chi connectivity index (χ1v) is 9.22. The molecule has 3 rings (SSSR count). The SMILES string of the molecule is Cc1ccc(Nc2nnc(SCC(=O)N3CCNC3=O)s2)c(C)c1. The van der Waals surface area contributed by atoms with E-state index in [4.69, 9.17) is 0 Å². The van der Waals surface area contributed by atoms with Crippen molar-refractivity contribution in [2.24, 2.45) is 0 Å². The van der Waals surface area contributed by atoms with Crippen LogP contribution in [0.2, 0.25) is 0 Å². The van der Waals surface area contributed by atoms with Crippen molar-refractivity contribution >= 4 is 45.9 Å². The van der Waals surface area contributed by atoms with Crippen LogP contribution < -0.4 is 10.6 Å². The molecule has 1 aromatic carbocycles. The van der Waals surface area contributed by atoms with Crippen molar-refractivity contribution < 1.29 is 9.59 Å². The number of hydrogen-bond acceptors (Lipinski definition) is 7. The molecule has 9 heteroatoms. The zero-order valence-corrected chi connectivity index (χ0v) is 15.0. The number of carbonyl (C=O) groups is 2. The Hall–Kier alpha value is -2.13. The monoisotopic (exact) mass is 363 g/mol. The zero-order chi connectivity index (χ0) is 17.1. The maximum absolute atomic E-state index is 12.0. The number of amides is 3. The topological polar surface area (TPSA) is 87.2 Å². The van der Waals surface area contributed by atoms with E-state index in [1.54, 1.807) is 0 Å². The van der Waals surface area contributed by atoms with Crippen molar-refractivity contribution in [2.45, 2.75) is 18.2 Å². The van der Waals surface area contributed by atoms with E-state index in [1.165, 1.54) is 33.6 Å². The van der Waals surface area contributed by atoms with Gasteiger partial charge in [-0.2, -0.15) is 0 Å². The van der Waals surface area contributed by atoms with E-state index in [1.807, 2.05) is 26.0 Å². The molecule has 24 heavy (non-hydrogen) atoms. The number of urea groups is 1. The second kappa shape index (κ2) is 7.18. The van der Waals surface area contributed by atoms with Gasteiger partial charge in [-0.25, -0.2) is 4.79 Å². The van der Waals surface area contributed by atoms with Crippen molar-refractivity contribution in [3.05, 3.63) is 29.3 Å². The molecule has 0 spiro atoms. The Labute approximate surface area is 147 Å². The number of rotatable bonds is 5. The Bertz CT molecular complexity index is 777. The zero-order valence-electron chi connectivity index (χ0n) is 13.3. The summed E-state index contributed by atoms with van der Waals surface area (Å²) in [6, 6.07) is 5.81. The molecule has 1 fully saturated rings. The van der Waals surface area contributed by atoms with Gasteiger partial charge in [-0.1, -0.05) is 40.8 Å². The molecule has 0 unspecified atom stereocenters. The smallest absolute Gasteiger partial charge is 0.324 e. The predicted octanol–water partition coefficient (Wildman–Crippen LogP) is 2.54. The Morgan fingerprint density at radius 3 is 2.96 bits per heavy atom. The predicted molar refractivity (Wildman–Crippen MR) is 94.9 cm³/mol. The van der Waals surface area contributed by atoms with Crippen molar-refractivity contribution in [1.29, 1.82) is 0 Å². The first-order valence-electron chi connectivity index (χ1n) is 7.42. The maximum Gasteiger partial charge on any atom is 0.324 e. The van der Waals surface area contributed by atoms with Crippen LogP contribution in [0.25, 0.3) is 0 Å². The second-order valence-corrected chi connectivity index (χ2v) is 7.58. The summed E-state index contributed by atoms with van der Waals surface area (Å²) < 4.78 is 0.690. The summed E-state index contributed by atoms with van der Waals surface area (Å²) in [6.45, 7) is 5.02. The third-order valence-electron chi connectivity index (χ3n) is 3.51. The molecule has 7 nitrogen and oxygen atoms in total. The number of imide groups is 1. The maximum atomic E-state index is 12.0. The van der Waals surface area contributed by atoms with Gasteiger partial charge in [0.1, 0.15) is 0 Å². The van der Waals surface area contributed by atoms with Crippen molar-refractivity contribution in [3.8, 4) is 0 Å². The third-order valence-corrected chi connectivity index (χ3v) is 5.46. The molecule has 126 valence electrons. The lowest BCUT2D eigenvalue weighted by Gasteiger charge is -2.10. The highest BCUT2D eigenvalue weighted by Gasteiger charge is 2.26. The fourth-order valence-electron chi connectivity index (χ4n) is 2.30. The number of hydrogen-bond donors (Lipinski definition) is 2. The van der Waals surface area contributed by atoms with Crippen LogP contribution in [0.1, 0.15) is 11.1 Å². The summed E-state index contributed by atoms with van der Waals surface area (Å²) >= 11 is 2.67. The van der Waals surface area contributed by atoms with E-state index in [0.29, 0.717) is 22.6 Å². The molecule has 0 radical (unpaired) electrons. The van der Waals surface area contributed by atoms with E-state index in [9.17, 15) is 9.59 Å². The lowest BCUT2D eigenvalue weighted by atomic mass is 10.1. The molecule has 1 aliphatic heterocycles. The third kappa shape index (κ3) is 3.85. The molecule has 0 atom stereocenters. The number of nitrogens with one attached hydrogen (secondary N) is 2. The average molecular weight is 363 g/mol. The quantitative estimate of drug-likeness (QED) is 0.794. The highest BCUT2D eigenvalue weighted by atomic mass is 32.2. The minimum Gasteiger partial charge on any atom is -0.336 e. The minimum atomic E-state index is -0.324. The molecule has 2 heterocycles. The van der Waals surface area contributed by atoms with Crippen LogP contribution in [0.15, 0.2) is 22.5 Å². The Kier molecular flexibility index (Phi) is 5.00. The van der Waals surface area contributed by atoms with Gasteiger partial charge in [0, 0.05) is 18.8 Å². The van der Waals surface area contributed by atoms with E-state index < -0.39 is 0 Å². The van der Waals surface area contributed by atoms with E-state index >= 15 is 0 Å². The van der Waals surface area contributed by atoms with Gasteiger partial charge in [0.15, 0.2) is 4.34 Å². The number of thioether (sulfide) groups is 1. The van der Waals surface area contributed by atoms with Crippen LogP contribution in [0.3, 0.4) is 0 Å². The van der Waals surface area contributed by atoms with E-state index in [0.717, 1.165) is 11.3 Å². The molecule has 1 aliphatic rings. The summed E-state index contributed by atoms with van der Waals surface area (Å²) in [5.41, 5.74) is 3.32. The minimum absolute atomic E-state index is 0.172. The number of aromatic nitrogens is 2. The molecule has 1 aromatic heterocycles. The number of benzene rings is 1. The van der Waals surface area contributed by atoms with Gasteiger partial charge in [-0.05, 0) is 25.5 Å². The fraction of sp³-hybridized carbons (Fsp3) is 0.333. The summed E-state index contributed by atoms with van der Waals surface area (Å²) in [5, 5.41) is 14.7. The summed E-state index contributed by atoms with van der Waals surface area (Å²) in [5.74, 6) is -0.0416. The van der Waals surface area contributed by atoms with Crippen LogP contribution >= 0.6 is 23.1 Å². The van der Waals surface area contributed by atoms with Gasteiger partial charge in [0.25, 0.3) is 0 Å². The molecular formula is C15H17N5O2S2. The van der Waals surface area contributed by atoms with Gasteiger partial charge < -0.3 is 10.6 Å². The molecule has 0 saturated carbocycles. The molecule has 1 saturated heterocycles. The van der Waals surface area contributed by atoms with Crippen molar-refractivity contribution in [1.82, 2.24) is 20.4 Å². The molecule has 2 aromatic rings. The Morgan fingerprint density at radius 1 is 1.42 bits per heavy atom. The number of anilines is 2. The van der Waals surface area contributed by atoms with Crippen LogP contribution in [-0.4, -0.2) is 45.9 Å². The highest BCUT2D eigenvalue weighted by molar-refractivity contribution is 8.01. The first-order chi connectivity index (χ1) is 11.5. The van der Waals surface area contributed by atoms with Crippen LogP contribution in [-0.2, 0) is 4.79 Å². The normalized spacial score (nSPS) is 13.9. The van der Waals surface area contributed by atoms with Crippen LogP contribution in [0.5, 0.6) is 0 Å². The summed E-state index contributed by atoms with van der Waals surface area (Å²) in [6.07, 6.45) is 0. The molecule has 0 aliphatic carbocycles. The van der Waals surface area contributed by atoms with Crippen molar-refractivity contribution in [3.63, 3.8) is 0 Å². The summed E-state index contributed by atoms with van der Waals surface area (Å²) in [4.78, 5) is 24.7. The largest absolute Gasteiger partial charge is 0.336 e. The lowest BCUT2D eigenvalue weighted by Crippen LogP contribution is -2.35. The highest BCUT2D eigenvalue weighted by Crippen LogP contribution is 2.29. The van der Waals surface area contributed by atoms with E-state index in [2.05, 4.69) is 26.9 Å². The molecule has 2 N–H and O–H groups in total. The number of aryl methyl sites for hydroxylation is 2. The van der Waals surface area contributed by atoms with Gasteiger partial charge in [-0.3, -0.25) is 9.69 Å². The molecular weight excluding hydrogens is 346 g/mol. The second-order valence-electron chi connectivity index (χ2n) is 5.38. The van der Waals surface area contributed by atoms with E-state index in [-0.39, 0.29) is 17.7 Å². The number of carbonyl (C=O) groups excluding carboxylic acids is 2.